The smallest absolute Gasteiger partial charge is 0.321 e. The predicted octanol–water partition coefficient (Wildman–Crippen LogP) is 2.56. The summed E-state index contributed by atoms with van der Waals surface area (Å²) in [6, 6.07) is 10.3. The molecule has 12 heteroatoms. The molecule has 0 aromatic heterocycles. The Morgan fingerprint density at radius 2 is 1.24 bits per heavy atom. The van der Waals surface area contributed by atoms with Gasteiger partial charge in [0, 0.05) is 41.0 Å². The lowest BCUT2D eigenvalue weighted by Gasteiger charge is -2.09. The molecule has 182 valence electrons. The molecule has 6 amide bonds. The zero-order valence-electron chi connectivity index (χ0n) is 19.2. The van der Waals surface area contributed by atoms with E-state index in [9.17, 15) is 29.3 Å². The van der Waals surface area contributed by atoms with E-state index in [0.717, 1.165) is 6.07 Å². The molecule has 0 saturated carbocycles. The van der Waals surface area contributed by atoms with E-state index in [1.54, 1.807) is 32.0 Å². The number of benzene rings is 2. The highest BCUT2D eigenvalue weighted by atomic mass is 16.6. The van der Waals surface area contributed by atoms with Gasteiger partial charge in [-0.2, -0.15) is 0 Å². The molecule has 0 atom stereocenters. The highest BCUT2D eigenvalue weighted by Gasteiger charge is 2.14. The number of hydrogen-bond acceptors (Lipinski definition) is 7. The third kappa shape index (κ3) is 10.2. The molecule has 6 N–H and O–H groups in total. The molecule has 0 heterocycles. The number of carbonyl (C=O) groups excluding carboxylic acids is 4. The first-order valence-corrected chi connectivity index (χ1v) is 10.2. The van der Waals surface area contributed by atoms with Crippen molar-refractivity contribution in [3.8, 4) is 0 Å². The van der Waals surface area contributed by atoms with Crippen molar-refractivity contribution in [3.63, 3.8) is 0 Å². The van der Waals surface area contributed by atoms with Gasteiger partial charge in [0.1, 0.15) is 0 Å². The number of nitrogens with one attached hydrogen (secondary N) is 4. The minimum atomic E-state index is -0.683. The highest BCUT2D eigenvalue weighted by molar-refractivity contribution is 6.05. The number of non-ortho nitro benzene ring substituents is 1. The van der Waals surface area contributed by atoms with Gasteiger partial charge in [-0.05, 0) is 52.0 Å². The molecule has 0 aliphatic rings. The summed E-state index contributed by atoms with van der Waals surface area (Å²) in [5.74, 6) is -1.15. The average molecular weight is 473 g/mol. The largest absolute Gasteiger partial charge is 0.399 e. The van der Waals surface area contributed by atoms with Crippen LogP contribution >= 0.6 is 0 Å². The second-order valence-electron chi connectivity index (χ2n) is 7.60. The van der Waals surface area contributed by atoms with Crippen LogP contribution in [0.5, 0.6) is 0 Å². The van der Waals surface area contributed by atoms with Crippen molar-refractivity contribution in [2.75, 3.05) is 5.73 Å². The minimum absolute atomic E-state index is 0.0198. The van der Waals surface area contributed by atoms with Gasteiger partial charge < -0.3 is 16.4 Å². The fourth-order valence-electron chi connectivity index (χ4n) is 2.39. The minimum Gasteiger partial charge on any atom is -0.399 e. The summed E-state index contributed by atoms with van der Waals surface area (Å²) < 4.78 is 0. The molecule has 0 radical (unpaired) electrons. The van der Waals surface area contributed by atoms with Crippen molar-refractivity contribution >= 4 is 35.3 Å². The summed E-state index contributed by atoms with van der Waals surface area (Å²) >= 11 is 0. The predicted molar refractivity (Wildman–Crippen MR) is 126 cm³/mol. The van der Waals surface area contributed by atoms with Gasteiger partial charge in [-0.25, -0.2) is 9.59 Å². The van der Waals surface area contributed by atoms with Crippen LogP contribution in [0, 0.1) is 10.1 Å². The molecule has 12 nitrogen and oxygen atoms in total. The van der Waals surface area contributed by atoms with E-state index in [-0.39, 0.29) is 23.3 Å². The Balaban J connectivity index is 0.000000342. The molecule has 2 rings (SSSR count). The van der Waals surface area contributed by atoms with Crippen molar-refractivity contribution in [1.82, 2.24) is 21.3 Å². The van der Waals surface area contributed by atoms with E-state index in [1.807, 2.05) is 13.8 Å². The van der Waals surface area contributed by atoms with Crippen LogP contribution < -0.4 is 27.0 Å². The number of amides is 6. The Kier molecular flexibility index (Phi) is 10.7. The number of carbonyl (C=O) groups is 4. The molecule has 2 aromatic carbocycles. The van der Waals surface area contributed by atoms with Crippen LogP contribution in [0.15, 0.2) is 48.5 Å². The number of nitrogens with zero attached hydrogens (tertiary/aromatic N) is 1. The van der Waals surface area contributed by atoms with Crippen LogP contribution in [0.25, 0.3) is 0 Å². The second kappa shape index (κ2) is 13.2. The number of hydrogen-bond donors (Lipinski definition) is 5. The Hall–Kier alpha value is -4.48. The van der Waals surface area contributed by atoms with Crippen LogP contribution in [0.1, 0.15) is 48.4 Å². The van der Waals surface area contributed by atoms with Gasteiger partial charge in [0.2, 0.25) is 0 Å². The number of imide groups is 2. The molecule has 34 heavy (non-hydrogen) atoms. The highest BCUT2D eigenvalue weighted by Crippen LogP contribution is 2.12. The summed E-state index contributed by atoms with van der Waals surface area (Å²) in [5, 5.41) is 19.9. The van der Waals surface area contributed by atoms with Gasteiger partial charge in [0.25, 0.3) is 17.5 Å². The van der Waals surface area contributed by atoms with Gasteiger partial charge in [-0.15, -0.1) is 0 Å². The van der Waals surface area contributed by atoms with Crippen LogP contribution in [0.2, 0.25) is 0 Å². The first-order chi connectivity index (χ1) is 15.9. The third-order valence-corrected chi connectivity index (χ3v) is 3.76. The first-order valence-electron chi connectivity index (χ1n) is 10.2. The number of urea groups is 2. The number of rotatable bonds is 5. The number of nitrogen functional groups attached to an aromatic ring is 1. The fraction of sp³-hybridized carbons (Fsp3) is 0.273. The molecule has 0 spiro atoms. The van der Waals surface area contributed by atoms with E-state index in [2.05, 4.69) is 21.3 Å². The maximum Gasteiger partial charge on any atom is 0.321 e. The molecule has 0 fully saturated rings. The van der Waals surface area contributed by atoms with Gasteiger partial charge in [-0.3, -0.25) is 30.3 Å². The van der Waals surface area contributed by atoms with Crippen molar-refractivity contribution in [3.05, 3.63) is 69.8 Å². The van der Waals surface area contributed by atoms with Crippen LogP contribution in [0.3, 0.4) is 0 Å². The van der Waals surface area contributed by atoms with E-state index in [1.165, 1.54) is 24.3 Å². The standard InChI is InChI=1S/C11H13N3O4.C11H15N3O2/c1-7(2)12-11(16)13-10(15)8-4-3-5-9(6-8)14(17)18;1-7(2)13-11(16)14-10(15)8-4-3-5-9(12)6-8/h3-7H,1-2H3,(H2,12,13,15,16);3-7H,12H2,1-2H3,(H2,13,14,15,16). The third-order valence-electron chi connectivity index (χ3n) is 3.76. The molecule has 2 aromatic rings. The lowest BCUT2D eigenvalue weighted by molar-refractivity contribution is -0.384. The number of nitrogens with two attached hydrogens (primary N) is 1. The summed E-state index contributed by atoms with van der Waals surface area (Å²) in [5.41, 5.74) is 6.23. The molecule has 0 bridgehead atoms. The SMILES string of the molecule is CC(C)NC(=O)NC(=O)c1cccc(N)c1.CC(C)NC(=O)NC(=O)c1cccc([N+](=O)[O-])c1. The monoisotopic (exact) mass is 472 g/mol. The maximum absolute atomic E-state index is 11.6. The van der Waals surface area contributed by atoms with E-state index < -0.39 is 28.8 Å². The summed E-state index contributed by atoms with van der Waals surface area (Å²) in [6.07, 6.45) is 0. The van der Waals surface area contributed by atoms with Gasteiger partial charge in [0.15, 0.2) is 0 Å². The Morgan fingerprint density at radius 3 is 1.65 bits per heavy atom. The van der Waals surface area contributed by atoms with E-state index in [0.29, 0.717) is 11.3 Å². The van der Waals surface area contributed by atoms with Gasteiger partial charge in [0.05, 0.1) is 4.92 Å². The van der Waals surface area contributed by atoms with Crippen molar-refractivity contribution < 1.29 is 24.1 Å². The molecular formula is C22H28N6O6. The zero-order valence-corrected chi connectivity index (χ0v) is 19.2. The van der Waals surface area contributed by atoms with E-state index >= 15 is 0 Å². The molecule has 0 saturated heterocycles. The van der Waals surface area contributed by atoms with Crippen molar-refractivity contribution in [2.45, 2.75) is 39.8 Å². The molecule has 0 aliphatic carbocycles. The van der Waals surface area contributed by atoms with Gasteiger partial charge in [-0.1, -0.05) is 12.1 Å². The number of nitro groups is 1. The van der Waals surface area contributed by atoms with Crippen LogP contribution in [0.4, 0.5) is 21.0 Å². The van der Waals surface area contributed by atoms with E-state index in [4.69, 9.17) is 5.73 Å². The van der Waals surface area contributed by atoms with Crippen LogP contribution in [-0.2, 0) is 0 Å². The van der Waals surface area contributed by atoms with Crippen molar-refractivity contribution in [1.29, 1.82) is 0 Å². The Labute approximate surface area is 196 Å². The number of nitro benzene ring substituents is 1. The van der Waals surface area contributed by atoms with Gasteiger partial charge >= 0.3 is 12.1 Å². The second-order valence-corrected chi connectivity index (χ2v) is 7.60. The quantitative estimate of drug-likeness (QED) is 0.251. The maximum atomic E-state index is 11.6. The Morgan fingerprint density at radius 1 is 0.794 bits per heavy atom. The zero-order chi connectivity index (χ0) is 25.8. The fourth-order valence-corrected chi connectivity index (χ4v) is 2.39. The molecular weight excluding hydrogens is 444 g/mol. The van der Waals surface area contributed by atoms with Crippen LogP contribution in [-0.4, -0.2) is 40.9 Å². The summed E-state index contributed by atoms with van der Waals surface area (Å²) in [7, 11) is 0. The average Bonchev–Trinajstić information content (AvgIpc) is 2.73. The first kappa shape index (κ1) is 27.6. The summed E-state index contributed by atoms with van der Waals surface area (Å²) in [6.45, 7) is 7.12. The summed E-state index contributed by atoms with van der Waals surface area (Å²) in [4.78, 5) is 55.6. The lowest BCUT2D eigenvalue weighted by Crippen LogP contribution is -2.42. The van der Waals surface area contributed by atoms with Crippen molar-refractivity contribution in [2.24, 2.45) is 0 Å². The normalized spacial score (nSPS) is 9.94. The number of anilines is 1. The molecule has 0 unspecified atom stereocenters. The topological polar surface area (TPSA) is 186 Å². The lowest BCUT2D eigenvalue weighted by atomic mass is 10.2. The molecule has 0 aliphatic heterocycles. The Bertz CT molecular complexity index is 1050.